The average molecular weight is 571 g/mol. The van der Waals surface area contributed by atoms with E-state index in [1.165, 1.54) is 10.5 Å². The summed E-state index contributed by atoms with van der Waals surface area (Å²) in [7, 11) is 0. The highest BCUT2D eigenvalue weighted by Crippen LogP contribution is 2.35. The lowest BCUT2D eigenvalue weighted by atomic mass is 10.1. The highest BCUT2D eigenvalue weighted by molar-refractivity contribution is 14.1. The first-order chi connectivity index (χ1) is 16.0. The van der Waals surface area contributed by atoms with Crippen LogP contribution in [0.2, 0.25) is 0 Å². The van der Waals surface area contributed by atoms with Gasteiger partial charge in [0, 0.05) is 9.13 Å². The van der Waals surface area contributed by atoms with Gasteiger partial charge in [-0.25, -0.2) is 0 Å². The molecule has 1 fully saturated rings. The van der Waals surface area contributed by atoms with Gasteiger partial charge in [0.2, 0.25) is 0 Å². The molecule has 0 radical (unpaired) electrons. The molecule has 3 aromatic rings. The summed E-state index contributed by atoms with van der Waals surface area (Å²) < 4.78 is 12.7. The Labute approximate surface area is 210 Å². The first-order valence-corrected chi connectivity index (χ1v) is 12.3. The third-order valence-electron chi connectivity index (χ3n) is 4.96. The molecule has 3 aromatic carbocycles. The predicted octanol–water partition coefficient (Wildman–Crippen LogP) is 6.29. The fraction of sp³-hybridized carbons (Fsp3) is 0.154. The number of benzene rings is 3. The molecule has 5 nitrogen and oxygen atoms in total. The number of aryl methyl sites for hydroxylation is 1. The van der Waals surface area contributed by atoms with Crippen LogP contribution in [0, 0.1) is 10.5 Å². The average Bonchev–Trinajstić information content (AvgIpc) is 3.07. The second kappa shape index (κ2) is 10.9. The van der Waals surface area contributed by atoms with E-state index in [4.69, 9.17) is 9.47 Å². The zero-order chi connectivity index (χ0) is 23.2. The molecule has 33 heavy (non-hydrogen) atoms. The van der Waals surface area contributed by atoms with Gasteiger partial charge in [-0.2, -0.15) is 0 Å². The Hall–Kier alpha value is -2.78. The van der Waals surface area contributed by atoms with Crippen LogP contribution in [-0.2, 0) is 11.3 Å². The third kappa shape index (κ3) is 6.17. The van der Waals surface area contributed by atoms with Crippen molar-refractivity contribution >= 4 is 51.6 Å². The van der Waals surface area contributed by atoms with Gasteiger partial charge in [0.25, 0.3) is 11.1 Å². The summed E-state index contributed by atoms with van der Waals surface area (Å²) in [5.74, 6) is 1.13. The minimum atomic E-state index is -0.291. The van der Waals surface area contributed by atoms with Crippen LogP contribution in [0.1, 0.15) is 16.7 Å². The van der Waals surface area contributed by atoms with Crippen molar-refractivity contribution in [2.45, 2.75) is 13.5 Å². The summed E-state index contributed by atoms with van der Waals surface area (Å²) in [5.41, 5.74) is 2.83. The van der Waals surface area contributed by atoms with Crippen LogP contribution >= 0.6 is 34.4 Å². The Morgan fingerprint density at radius 1 is 0.909 bits per heavy atom. The van der Waals surface area contributed by atoms with E-state index >= 15 is 0 Å². The summed E-state index contributed by atoms with van der Waals surface area (Å²) in [5, 5.41) is -0.269. The van der Waals surface area contributed by atoms with E-state index in [0.29, 0.717) is 23.9 Å². The zero-order valence-corrected chi connectivity index (χ0v) is 21.0. The lowest BCUT2D eigenvalue weighted by Gasteiger charge is -2.12. The molecule has 0 spiro atoms. The predicted molar refractivity (Wildman–Crippen MR) is 139 cm³/mol. The van der Waals surface area contributed by atoms with Gasteiger partial charge in [-0.3, -0.25) is 14.5 Å². The number of hydrogen-bond donors (Lipinski definition) is 0. The van der Waals surface area contributed by atoms with Gasteiger partial charge in [-0.05, 0) is 83.2 Å². The highest BCUT2D eigenvalue weighted by atomic mass is 127. The normalized spacial score (nSPS) is 14.7. The summed E-state index contributed by atoms with van der Waals surface area (Å²) in [6, 6.07) is 23.1. The van der Waals surface area contributed by atoms with Gasteiger partial charge in [-0.15, -0.1) is 0 Å². The maximum atomic E-state index is 12.9. The van der Waals surface area contributed by atoms with E-state index in [1.54, 1.807) is 6.08 Å². The largest absolute Gasteiger partial charge is 0.490 e. The van der Waals surface area contributed by atoms with Crippen molar-refractivity contribution in [2.24, 2.45) is 0 Å². The molecule has 4 rings (SSSR count). The summed E-state index contributed by atoms with van der Waals surface area (Å²) >= 11 is 3.17. The molecule has 1 saturated heterocycles. The van der Waals surface area contributed by atoms with E-state index in [2.05, 4.69) is 22.6 Å². The number of thioether (sulfide) groups is 1. The number of nitrogens with zero attached hydrogens (tertiary/aromatic N) is 1. The maximum Gasteiger partial charge on any atom is 0.293 e. The molecule has 0 N–H and O–H groups in total. The molecule has 0 bridgehead atoms. The van der Waals surface area contributed by atoms with Crippen LogP contribution < -0.4 is 9.47 Å². The number of imide groups is 1. The molecule has 1 aliphatic heterocycles. The van der Waals surface area contributed by atoms with Gasteiger partial charge in [0.05, 0.1) is 11.4 Å². The number of hydrogen-bond acceptors (Lipinski definition) is 5. The molecule has 2 amide bonds. The first-order valence-electron chi connectivity index (χ1n) is 10.4. The second-order valence-electron chi connectivity index (χ2n) is 7.44. The summed E-state index contributed by atoms with van der Waals surface area (Å²) in [6.45, 7) is 3.03. The number of carbonyl (C=O) groups excluding carboxylic acids is 2. The zero-order valence-electron chi connectivity index (χ0n) is 18.0. The second-order valence-corrected chi connectivity index (χ2v) is 9.68. The lowest BCUT2D eigenvalue weighted by Crippen LogP contribution is -2.27. The fourth-order valence-corrected chi connectivity index (χ4v) is 4.42. The van der Waals surface area contributed by atoms with Crippen molar-refractivity contribution in [3.63, 3.8) is 0 Å². The number of rotatable bonds is 8. The summed E-state index contributed by atoms with van der Waals surface area (Å²) in [6.07, 6.45) is 1.72. The minimum Gasteiger partial charge on any atom is -0.490 e. The Balaban J connectivity index is 1.40. The molecule has 168 valence electrons. The number of para-hydroxylation sites is 1. The third-order valence-corrected chi connectivity index (χ3v) is 6.59. The molecular formula is C26H22INO4S. The molecule has 0 unspecified atom stereocenters. The van der Waals surface area contributed by atoms with Gasteiger partial charge in [0.1, 0.15) is 24.7 Å². The van der Waals surface area contributed by atoms with E-state index in [0.717, 1.165) is 32.2 Å². The van der Waals surface area contributed by atoms with Crippen LogP contribution in [0.5, 0.6) is 11.5 Å². The monoisotopic (exact) mass is 571 g/mol. The molecule has 0 atom stereocenters. The van der Waals surface area contributed by atoms with Crippen molar-refractivity contribution < 1.29 is 19.1 Å². The number of halogens is 1. The Bertz CT molecular complexity index is 1180. The van der Waals surface area contributed by atoms with Crippen molar-refractivity contribution in [1.29, 1.82) is 0 Å². The molecule has 7 heteroatoms. The van der Waals surface area contributed by atoms with Gasteiger partial charge >= 0.3 is 0 Å². The van der Waals surface area contributed by atoms with Crippen molar-refractivity contribution in [1.82, 2.24) is 4.90 Å². The van der Waals surface area contributed by atoms with Crippen LogP contribution in [-0.4, -0.2) is 29.3 Å². The van der Waals surface area contributed by atoms with Crippen LogP contribution in [0.4, 0.5) is 4.79 Å². The molecule has 1 aliphatic rings. The summed E-state index contributed by atoms with van der Waals surface area (Å²) in [4.78, 5) is 27.0. The Morgan fingerprint density at radius 2 is 1.61 bits per heavy atom. The van der Waals surface area contributed by atoms with E-state index in [9.17, 15) is 9.59 Å². The number of amides is 2. The SMILES string of the molecule is Cc1ccc(OCCOc2ccccc2/C=C2\SC(=O)N(Cc3ccc(I)cc3)C2=O)cc1. The topological polar surface area (TPSA) is 55.8 Å². The molecule has 0 saturated carbocycles. The van der Waals surface area contributed by atoms with Crippen molar-refractivity contribution in [3.05, 3.63) is 98.0 Å². The minimum absolute atomic E-state index is 0.257. The van der Waals surface area contributed by atoms with E-state index in [-0.39, 0.29) is 17.7 Å². The lowest BCUT2D eigenvalue weighted by molar-refractivity contribution is -0.123. The quantitative estimate of drug-likeness (QED) is 0.181. The van der Waals surface area contributed by atoms with Crippen LogP contribution in [0.3, 0.4) is 0 Å². The van der Waals surface area contributed by atoms with E-state index < -0.39 is 0 Å². The van der Waals surface area contributed by atoms with Gasteiger partial charge in [-0.1, -0.05) is 48.0 Å². The maximum absolute atomic E-state index is 12.9. The van der Waals surface area contributed by atoms with Crippen molar-refractivity contribution in [2.75, 3.05) is 13.2 Å². The van der Waals surface area contributed by atoms with Crippen LogP contribution in [0.15, 0.2) is 77.7 Å². The van der Waals surface area contributed by atoms with Crippen molar-refractivity contribution in [3.8, 4) is 11.5 Å². The number of ether oxygens (including phenoxy) is 2. The van der Waals surface area contributed by atoms with Gasteiger partial charge in [0.15, 0.2) is 0 Å². The molecular weight excluding hydrogens is 549 g/mol. The molecule has 0 aliphatic carbocycles. The highest BCUT2D eigenvalue weighted by Gasteiger charge is 2.35. The standard InChI is InChI=1S/C26H22INO4S/c1-18-6-12-22(13-7-18)31-14-15-32-23-5-3-2-4-20(23)16-24-25(29)28(26(30)33-24)17-19-8-10-21(27)11-9-19/h2-13,16H,14-15,17H2,1H3/b24-16-. The number of carbonyl (C=O) groups is 2. The Morgan fingerprint density at radius 3 is 2.36 bits per heavy atom. The first kappa shape index (κ1) is 23.4. The smallest absolute Gasteiger partial charge is 0.293 e. The fourth-order valence-electron chi connectivity index (χ4n) is 3.23. The van der Waals surface area contributed by atoms with E-state index in [1.807, 2.05) is 79.7 Å². The van der Waals surface area contributed by atoms with Crippen LogP contribution in [0.25, 0.3) is 6.08 Å². The molecule has 0 aromatic heterocycles. The Kier molecular flexibility index (Phi) is 7.72. The van der Waals surface area contributed by atoms with Gasteiger partial charge < -0.3 is 9.47 Å². The molecule has 1 heterocycles.